The number of hydrogen-bond acceptors (Lipinski definition) is 10. The van der Waals surface area contributed by atoms with Crippen LogP contribution in [-0.4, -0.2) is 71.2 Å². The van der Waals surface area contributed by atoms with Crippen LogP contribution >= 0.6 is 0 Å². The van der Waals surface area contributed by atoms with Gasteiger partial charge in [0.15, 0.2) is 5.78 Å². The number of amides is 1. The summed E-state index contributed by atoms with van der Waals surface area (Å²) < 4.78 is 64.3. The third-order valence-electron chi connectivity index (χ3n) is 8.07. The molecule has 14 heteroatoms. The minimum Gasteiger partial charge on any atom is -0.502 e. The Morgan fingerprint density at radius 2 is 1.71 bits per heavy atom. The van der Waals surface area contributed by atoms with Crippen LogP contribution in [0.25, 0.3) is 22.3 Å². The minimum atomic E-state index is -3.76. The first kappa shape index (κ1) is 37.4. The van der Waals surface area contributed by atoms with Crippen LogP contribution in [0, 0.1) is 5.82 Å². The largest absolute Gasteiger partial charge is 0.502 e. The highest BCUT2D eigenvalue weighted by Crippen LogP contribution is 2.45. The average Bonchev–Trinajstić information content (AvgIpc) is 3.89. The number of ether oxygens (including phenoxy) is 3. The monoisotopic (exact) mass is 722 g/mol. The van der Waals surface area contributed by atoms with Gasteiger partial charge in [0.1, 0.15) is 17.2 Å². The Hall–Kier alpha value is -4.89. The third kappa shape index (κ3) is 9.88. The van der Waals surface area contributed by atoms with Gasteiger partial charge in [-0.25, -0.2) is 22.3 Å². The molecule has 0 bridgehead atoms. The number of sulfonamides is 1. The highest BCUT2D eigenvalue weighted by atomic mass is 32.2. The van der Waals surface area contributed by atoms with Gasteiger partial charge in [-0.1, -0.05) is 24.3 Å². The van der Waals surface area contributed by atoms with Crippen molar-refractivity contribution in [2.75, 3.05) is 40.0 Å². The lowest BCUT2D eigenvalue weighted by atomic mass is 9.98. The smallest absolute Gasteiger partial charge is 0.373 e. The van der Waals surface area contributed by atoms with E-state index in [-0.39, 0.29) is 68.5 Å². The molecule has 1 aromatic heterocycles. The van der Waals surface area contributed by atoms with Crippen molar-refractivity contribution in [2.24, 2.45) is 0 Å². The van der Waals surface area contributed by atoms with E-state index in [1.165, 1.54) is 31.3 Å². The fourth-order valence-electron chi connectivity index (χ4n) is 5.43. The van der Waals surface area contributed by atoms with Crippen LogP contribution in [0.2, 0.25) is 0 Å². The fraction of sp³-hybridized carbons (Fsp3) is 0.324. The van der Waals surface area contributed by atoms with Crippen LogP contribution in [0.3, 0.4) is 0 Å². The Balaban J connectivity index is 1.10. The summed E-state index contributed by atoms with van der Waals surface area (Å²) in [6, 6.07) is 15.6. The predicted octanol–water partition coefficient (Wildman–Crippen LogP) is 5.32. The number of aliphatic hydroxyl groups excluding tert-OH is 1. The molecule has 1 heterocycles. The van der Waals surface area contributed by atoms with Gasteiger partial charge in [0.05, 0.1) is 44.4 Å². The minimum absolute atomic E-state index is 0.0509. The molecule has 51 heavy (non-hydrogen) atoms. The first-order chi connectivity index (χ1) is 24.5. The second-order valence-corrected chi connectivity index (χ2v) is 13.7. The Morgan fingerprint density at radius 3 is 2.37 bits per heavy atom. The molecule has 1 saturated carbocycles. The molecule has 3 N–H and O–H groups in total. The van der Waals surface area contributed by atoms with E-state index >= 15 is 0 Å². The van der Waals surface area contributed by atoms with Crippen LogP contribution in [0.1, 0.15) is 63.1 Å². The summed E-state index contributed by atoms with van der Waals surface area (Å²) in [6.45, 7) is 2.54. The Bertz CT molecular complexity index is 2020. The van der Waals surface area contributed by atoms with E-state index in [4.69, 9.17) is 13.9 Å². The quantitative estimate of drug-likeness (QED) is 0.0402. The number of fused-ring (bicyclic) bond motifs is 1. The number of carbonyl (C=O) groups excluding carboxylic acids is 3. The molecular weight excluding hydrogens is 683 g/mol. The van der Waals surface area contributed by atoms with Crippen molar-refractivity contribution in [1.82, 2.24) is 10.0 Å². The molecule has 0 aliphatic heterocycles. The van der Waals surface area contributed by atoms with E-state index < -0.39 is 33.4 Å². The van der Waals surface area contributed by atoms with Crippen molar-refractivity contribution in [3.63, 3.8) is 0 Å². The molecule has 0 atom stereocenters. The third-order valence-corrected chi connectivity index (χ3v) is 9.41. The second-order valence-electron chi connectivity index (χ2n) is 11.8. The van der Waals surface area contributed by atoms with Gasteiger partial charge in [-0.05, 0) is 78.8 Å². The summed E-state index contributed by atoms with van der Waals surface area (Å²) in [5.74, 6) is -2.91. The zero-order valence-electron chi connectivity index (χ0n) is 28.2. The SMILES string of the molecule is CCOC(=O)/C(O)=C/C(=O)c1ccc(COCCOCCNS(=O)(=O)Cc2cc3oc(-c4ccc(F)cc4)c(C(=O)NC)c3cc2C2CC2)cc1. The summed E-state index contributed by atoms with van der Waals surface area (Å²) in [5, 5.41) is 12.9. The van der Waals surface area contributed by atoms with E-state index in [0.29, 0.717) is 27.7 Å². The van der Waals surface area contributed by atoms with Gasteiger partial charge in [0.2, 0.25) is 15.8 Å². The molecule has 270 valence electrons. The molecular formula is C37H39FN2O10S. The lowest BCUT2D eigenvalue weighted by Crippen LogP contribution is -2.29. The summed E-state index contributed by atoms with van der Waals surface area (Å²) in [7, 11) is -2.25. The van der Waals surface area contributed by atoms with Gasteiger partial charge in [0.25, 0.3) is 5.91 Å². The van der Waals surface area contributed by atoms with E-state index in [2.05, 4.69) is 14.8 Å². The van der Waals surface area contributed by atoms with E-state index in [0.717, 1.165) is 30.0 Å². The zero-order valence-corrected chi connectivity index (χ0v) is 29.0. The highest BCUT2D eigenvalue weighted by molar-refractivity contribution is 7.88. The lowest BCUT2D eigenvalue weighted by Gasteiger charge is -2.12. The molecule has 0 unspecified atom stereocenters. The first-order valence-electron chi connectivity index (χ1n) is 16.4. The highest BCUT2D eigenvalue weighted by Gasteiger charge is 2.31. The van der Waals surface area contributed by atoms with Crippen LogP contribution in [0.5, 0.6) is 0 Å². The average molecular weight is 723 g/mol. The number of furan rings is 1. The van der Waals surface area contributed by atoms with Crippen molar-refractivity contribution in [3.8, 4) is 11.3 Å². The van der Waals surface area contributed by atoms with Crippen LogP contribution < -0.4 is 10.0 Å². The topological polar surface area (TPSA) is 170 Å². The number of rotatable bonds is 18. The number of allylic oxidation sites excluding steroid dienone is 1. The number of ketones is 1. The maximum atomic E-state index is 13.6. The van der Waals surface area contributed by atoms with Crippen LogP contribution in [-0.2, 0) is 41.4 Å². The van der Waals surface area contributed by atoms with Crippen molar-refractivity contribution in [3.05, 3.63) is 106 Å². The van der Waals surface area contributed by atoms with Crippen LogP contribution in [0.4, 0.5) is 4.39 Å². The molecule has 0 spiro atoms. The fourth-order valence-corrected chi connectivity index (χ4v) is 6.58. The standard InChI is InChI=1S/C37H39FN2O10S/c1-3-49-37(44)32(42)20-31(41)25-6-4-23(5-7-25)21-48-17-16-47-15-14-40-51(45,46)22-27-18-33-30(19-29(27)24-8-9-24)34(36(43)39-2)35(50-33)26-10-12-28(38)13-11-26/h4-7,10-13,18-20,24,40,42H,3,8-9,14-17,21-22H2,1-2H3,(H,39,43)/b32-20-. The molecule has 0 saturated heterocycles. The first-order valence-corrected chi connectivity index (χ1v) is 18.1. The Kier molecular flexibility index (Phi) is 12.4. The lowest BCUT2D eigenvalue weighted by molar-refractivity contribution is -0.141. The van der Waals surface area contributed by atoms with E-state index in [9.17, 15) is 32.3 Å². The number of esters is 1. The van der Waals surface area contributed by atoms with Gasteiger partial charge in [-0.3, -0.25) is 9.59 Å². The maximum Gasteiger partial charge on any atom is 0.373 e. The number of nitrogens with one attached hydrogen (secondary N) is 2. The zero-order chi connectivity index (χ0) is 36.5. The van der Waals surface area contributed by atoms with Gasteiger partial charge in [0, 0.05) is 36.2 Å². The maximum absolute atomic E-state index is 13.6. The molecule has 1 fully saturated rings. The number of hydrogen-bond donors (Lipinski definition) is 3. The summed E-state index contributed by atoms with van der Waals surface area (Å²) >= 11 is 0. The van der Waals surface area contributed by atoms with Crippen LogP contribution in [0.15, 0.2) is 76.9 Å². The normalized spacial score (nSPS) is 13.4. The number of aliphatic hydroxyl groups is 1. The molecule has 1 amide bonds. The molecule has 0 radical (unpaired) electrons. The van der Waals surface area contributed by atoms with E-state index in [1.807, 2.05) is 6.07 Å². The van der Waals surface area contributed by atoms with Crippen molar-refractivity contribution in [2.45, 2.75) is 38.0 Å². The summed E-state index contributed by atoms with van der Waals surface area (Å²) in [4.78, 5) is 36.7. The molecule has 5 rings (SSSR count). The van der Waals surface area contributed by atoms with Gasteiger partial charge < -0.3 is 29.1 Å². The molecule has 1 aliphatic carbocycles. The Morgan fingerprint density at radius 1 is 1.00 bits per heavy atom. The van der Waals surface area contributed by atoms with Gasteiger partial charge >= 0.3 is 5.97 Å². The number of halogens is 1. The van der Waals surface area contributed by atoms with Gasteiger partial charge in [-0.15, -0.1) is 0 Å². The molecule has 12 nitrogen and oxygen atoms in total. The molecule has 1 aliphatic rings. The molecule has 4 aromatic rings. The van der Waals surface area contributed by atoms with E-state index in [1.54, 1.807) is 37.3 Å². The second kappa shape index (κ2) is 16.9. The number of carbonyl (C=O) groups is 3. The van der Waals surface area contributed by atoms with Crippen molar-refractivity contribution in [1.29, 1.82) is 0 Å². The summed E-state index contributed by atoms with van der Waals surface area (Å²) in [6.07, 6.45) is 2.63. The summed E-state index contributed by atoms with van der Waals surface area (Å²) in [5.41, 5.74) is 3.68. The predicted molar refractivity (Wildman–Crippen MR) is 186 cm³/mol. The van der Waals surface area contributed by atoms with Crippen molar-refractivity contribution < 1.29 is 50.9 Å². The molecule has 3 aromatic carbocycles. The van der Waals surface area contributed by atoms with Crippen molar-refractivity contribution >= 4 is 38.7 Å². The van der Waals surface area contributed by atoms with Gasteiger partial charge in [-0.2, -0.15) is 0 Å². The number of benzene rings is 3. The Labute approximate surface area is 294 Å².